The molecule has 2 atom stereocenters. The topological polar surface area (TPSA) is 57.5 Å². The van der Waals surface area contributed by atoms with Gasteiger partial charge in [0.15, 0.2) is 5.96 Å². The molecule has 1 fully saturated rings. The molecule has 0 radical (unpaired) electrons. The van der Waals surface area contributed by atoms with Crippen molar-refractivity contribution in [2.24, 2.45) is 4.99 Å². The van der Waals surface area contributed by atoms with Crippen LogP contribution in [0.2, 0.25) is 0 Å². The molecule has 2 unspecified atom stereocenters. The SMILES string of the molecule is CN=C(NCCCn1nc(C)cc1C)NCC(C)N1CCCCC1C.I. The molecule has 1 aromatic heterocycles. The Labute approximate surface area is 176 Å². The first-order valence-corrected chi connectivity index (χ1v) is 9.72. The van der Waals surface area contributed by atoms with E-state index in [-0.39, 0.29) is 24.0 Å². The third-order valence-electron chi connectivity index (χ3n) is 5.15. The highest BCUT2D eigenvalue weighted by Gasteiger charge is 2.22. The van der Waals surface area contributed by atoms with Crippen molar-refractivity contribution in [2.45, 2.75) is 72.0 Å². The first-order chi connectivity index (χ1) is 12.0. The fourth-order valence-electron chi connectivity index (χ4n) is 3.69. The summed E-state index contributed by atoms with van der Waals surface area (Å²) < 4.78 is 2.08. The lowest BCUT2D eigenvalue weighted by Crippen LogP contribution is -2.50. The number of likely N-dealkylation sites (tertiary alicyclic amines) is 1. The second-order valence-electron chi connectivity index (χ2n) is 7.32. The lowest BCUT2D eigenvalue weighted by molar-refractivity contribution is 0.115. The number of nitrogens with zero attached hydrogens (tertiary/aromatic N) is 4. The Bertz CT molecular complexity index is 556. The number of hydrogen-bond donors (Lipinski definition) is 2. The summed E-state index contributed by atoms with van der Waals surface area (Å²) in [6.07, 6.45) is 5.05. The van der Waals surface area contributed by atoms with Crippen LogP contribution >= 0.6 is 24.0 Å². The van der Waals surface area contributed by atoms with Crippen molar-refractivity contribution < 1.29 is 0 Å². The highest BCUT2D eigenvalue weighted by molar-refractivity contribution is 14.0. The molecular formula is C19H37IN6. The van der Waals surface area contributed by atoms with E-state index in [0.29, 0.717) is 12.1 Å². The summed E-state index contributed by atoms with van der Waals surface area (Å²) >= 11 is 0. The summed E-state index contributed by atoms with van der Waals surface area (Å²) in [5.74, 6) is 0.893. The van der Waals surface area contributed by atoms with Crippen molar-refractivity contribution in [1.82, 2.24) is 25.3 Å². The molecule has 0 saturated carbocycles. The zero-order chi connectivity index (χ0) is 18.2. The van der Waals surface area contributed by atoms with Crippen LogP contribution < -0.4 is 10.6 Å². The van der Waals surface area contributed by atoms with Crippen LogP contribution in [0, 0.1) is 13.8 Å². The molecule has 0 bridgehead atoms. The van der Waals surface area contributed by atoms with Crippen LogP contribution in [0.1, 0.15) is 50.9 Å². The van der Waals surface area contributed by atoms with Crippen LogP contribution in [0.3, 0.4) is 0 Å². The van der Waals surface area contributed by atoms with Crippen LogP contribution in [0.15, 0.2) is 11.1 Å². The number of nitrogens with one attached hydrogen (secondary N) is 2. The van der Waals surface area contributed by atoms with Crippen molar-refractivity contribution in [2.75, 3.05) is 26.7 Å². The lowest BCUT2D eigenvalue weighted by atomic mass is 10.0. The second-order valence-corrected chi connectivity index (χ2v) is 7.32. The van der Waals surface area contributed by atoms with Crippen molar-refractivity contribution in [1.29, 1.82) is 0 Å². The number of hydrogen-bond acceptors (Lipinski definition) is 3. The van der Waals surface area contributed by atoms with E-state index in [9.17, 15) is 0 Å². The van der Waals surface area contributed by atoms with E-state index in [1.54, 1.807) is 0 Å². The number of aryl methyl sites for hydroxylation is 3. The van der Waals surface area contributed by atoms with Gasteiger partial charge in [0.25, 0.3) is 0 Å². The van der Waals surface area contributed by atoms with Gasteiger partial charge in [-0.3, -0.25) is 14.6 Å². The minimum atomic E-state index is 0. The van der Waals surface area contributed by atoms with Crippen molar-refractivity contribution >= 4 is 29.9 Å². The summed E-state index contributed by atoms with van der Waals surface area (Å²) in [5.41, 5.74) is 2.31. The number of aromatic nitrogens is 2. The molecule has 2 heterocycles. The van der Waals surface area contributed by atoms with E-state index in [4.69, 9.17) is 0 Å². The molecule has 0 amide bonds. The Morgan fingerprint density at radius 1 is 1.35 bits per heavy atom. The summed E-state index contributed by atoms with van der Waals surface area (Å²) in [7, 11) is 1.84. The third kappa shape index (κ3) is 7.06. The van der Waals surface area contributed by atoms with Gasteiger partial charge >= 0.3 is 0 Å². The normalized spacial score (nSPS) is 19.7. The molecular weight excluding hydrogens is 439 g/mol. The number of aliphatic imine (C=N–C) groups is 1. The number of rotatable bonds is 7. The average molecular weight is 476 g/mol. The van der Waals surface area contributed by atoms with Crippen molar-refractivity contribution in [3.05, 3.63) is 17.5 Å². The molecule has 1 aromatic rings. The summed E-state index contributed by atoms with van der Waals surface area (Å²) in [6, 6.07) is 3.35. The fourth-order valence-corrected chi connectivity index (χ4v) is 3.69. The van der Waals surface area contributed by atoms with Crippen molar-refractivity contribution in [3.63, 3.8) is 0 Å². The van der Waals surface area contributed by atoms with E-state index in [2.05, 4.69) is 57.1 Å². The maximum absolute atomic E-state index is 4.50. The standard InChI is InChI=1S/C19H36N6.HI/c1-15-13-17(3)25(23-15)12-8-10-21-19(20-5)22-14-18(4)24-11-7-6-9-16(24)2;/h13,16,18H,6-12,14H2,1-5H3,(H2,20,21,22);1H. The van der Waals surface area contributed by atoms with Crippen LogP contribution in [-0.4, -0.2) is 59.4 Å². The Morgan fingerprint density at radius 2 is 2.12 bits per heavy atom. The monoisotopic (exact) mass is 476 g/mol. The summed E-state index contributed by atoms with van der Waals surface area (Å²) in [4.78, 5) is 6.96. The van der Waals surface area contributed by atoms with Gasteiger partial charge in [-0.25, -0.2) is 0 Å². The van der Waals surface area contributed by atoms with Gasteiger partial charge in [-0.2, -0.15) is 5.10 Å². The second kappa shape index (κ2) is 11.8. The predicted molar refractivity (Wildman–Crippen MR) is 121 cm³/mol. The molecule has 2 rings (SSSR count). The maximum Gasteiger partial charge on any atom is 0.191 e. The molecule has 2 N–H and O–H groups in total. The minimum Gasteiger partial charge on any atom is -0.356 e. The number of piperidine rings is 1. The molecule has 0 aliphatic carbocycles. The number of halogens is 1. The first kappa shape index (κ1) is 23.2. The molecule has 0 aromatic carbocycles. The molecule has 7 heteroatoms. The molecule has 0 spiro atoms. The highest BCUT2D eigenvalue weighted by atomic mass is 127. The van der Waals surface area contributed by atoms with Gasteiger partial charge in [0.1, 0.15) is 0 Å². The third-order valence-corrected chi connectivity index (χ3v) is 5.15. The zero-order valence-electron chi connectivity index (χ0n) is 17.1. The maximum atomic E-state index is 4.50. The Hall–Kier alpha value is -0.830. The van der Waals surface area contributed by atoms with Gasteiger partial charge in [-0.15, -0.1) is 24.0 Å². The van der Waals surface area contributed by atoms with Crippen LogP contribution in [0.4, 0.5) is 0 Å². The smallest absolute Gasteiger partial charge is 0.191 e. The van der Waals surface area contributed by atoms with E-state index in [1.807, 2.05) is 14.0 Å². The highest BCUT2D eigenvalue weighted by Crippen LogP contribution is 2.18. The van der Waals surface area contributed by atoms with Gasteiger partial charge in [-0.1, -0.05) is 6.42 Å². The summed E-state index contributed by atoms with van der Waals surface area (Å²) in [6.45, 7) is 12.8. The first-order valence-electron chi connectivity index (χ1n) is 9.72. The van der Waals surface area contributed by atoms with Crippen LogP contribution in [0.25, 0.3) is 0 Å². The zero-order valence-corrected chi connectivity index (χ0v) is 19.4. The van der Waals surface area contributed by atoms with E-state index < -0.39 is 0 Å². The van der Waals surface area contributed by atoms with Gasteiger partial charge in [0.2, 0.25) is 0 Å². The van der Waals surface area contributed by atoms with Gasteiger partial charge in [-0.05, 0) is 59.6 Å². The Balaban J connectivity index is 0.00000338. The van der Waals surface area contributed by atoms with Crippen molar-refractivity contribution in [3.8, 4) is 0 Å². The van der Waals surface area contributed by atoms with Gasteiger partial charge in [0, 0.05) is 44.5 Å². The molecule has 6 nitrogen and oxygen atoms in total. The molecule has 26 heavy (non-hydrogen) atoms. The lowest BCUT2D eigenvalue weighted by Gasteiger charge is -2.38. The largest absolute Gasteiger partial charge is 0.356 e. The van der Waals surface area contributed by atoms with Crippen LogP contribution in [-0.2, 0) is 6.54 Å². The predicted octanol–water partition coefficient (Wildman–Crippen LogP) is 2.94. The minimum absolute atomic E-state index is 0. The molecule has 1 aliphatic heterocycles. The van der Waals surface area contributed by atoms with E-state index >= 15 is 0 Å². The van der Waals surface area contributed by atoms with E-state index in [1.165, 1.54) is 31.5 Å². The average Bonchev–Trinajstić information content (AvgIpc) is 2.91. The Morgan fingerprint density at radius 3 is 2.73 bits per heavy atom. The number of guanidine groups is 1. The van der Waals surface area contributed by atoms with Gasteiger partial charge < -0.3 is 10.6 Å². The fraction of sp³-hybridized carbons (Fsp3) is 0.789. The molecule has 1 saturated heterocycles. The molecule has 150 valence electrons. The van der Waals surface area contributed by atoms with Gasteiger partial charge in [0.05, 0.1) is 5.69 Å². The van der Waals surface area contributed by atoms with E-state index in [0.717, 1.165) is 37.7 Å². The molecule has 1 aliphatic rings. The van der Waals surface area contributed by atoms with Crippen LogP contribution in [0.5, 0.6) is 0 Å². The Kier molecular flexibility index (Phi) is 10.5. The quantitative estimate of drug-likeness (QED) is 0.275. The summed E-state index contributed by atoms with van der Waals surface area (Å²) in [5, 5.41) is 11.4.